The highest BCUT2D eigenvalue weighted by atomic mass is 32.1. The third-order valence-corrected chi connectivity index (χ3v) is 12.0. The zero-order valence-corrected chi connectivity index (χ0v) is 28.7. The number of thiophene rings is 2. The smallest absolute Gasteiger partial charge is 0.0547 e. The van der Waals surface area contributed by atoms with E-state index < -0.39 is 0 Å². The Morgan fingerprint density at radius 2 is 0.800 bits per heavy atom. The van der Waals surface area contributed by atoms with Crippen molar-refractivity contribution in [1.82, 2.24) is 0 Å². The molecule has 0 spiro atoms. The van der Waals surface area contributed by atoms with E-state index in [1.54, 1.807) is 0 Å². The summed E-state index contributed by atoms with van der Waals surface area (Å²) in [5.41, 5.74) is 6.90. The molecule has 0 unspecified atom stereocenters. The summed E-state index contributed by atoms with van der Waals surface area (Å²) in [6.45, 7) is 0. The molecule has 50 heavy (non-hydrogen) atoms. The molecule has 2 heterocycles. The highest BCUT2D eigenvalue weighted by Crippen LogP contribution is 2.48. The number of hydrogen-bond donors (Lipinski definition) is 0. The van der Waals surface area contributed by atoms with Crippen LogP contribution in [0, 0.1) is 0 Å². The average molecular weight is 675 g/mol. The molecule has 0 fully saturated rings. The number of fused-ring (bicyclic) bond motifs is 8. The van der Waals surface area contributed by atoms with Crippen LogP contribution in [0.4, 0.5) is 34.1 Å². The number of benzene rings is 8. The standard InChI is InChI=1S/C46H30N2S2/c1-4-14-31(15-5-1)47(32-16-6-2-7-17-32)34-25-27-44-40(28-34)38-26-24-35(29-45(38)49-44)48(33-18-8-3-9-19-33)42-30-41-37-21-12-13-23-43(37)50-46(41)39-22-11-10-20-36(39)42/h1-30H. The first-order valence-electron chi connectivity index (χ1n) is 16.8. The molecule has 0 saturated carbocycles. The molecule has 0 aliphatic rings. The van der Waals surface area contributed by atoms with Crippen molar-refractivity contribution in [1.29, 1.82) is 0 Å². The number of anilines is 6. The summed E-state index contributed by atoms with van der Waals surface area (Å²) in [6, 6.07) is 66.0. The monoisotopic (exact) mass is 674 g/mol. The van der Waals surface area contributed by atoms with E-state index in [2.05, 4.69) is 192 Å². The normalized spacial score (nSPS) is 11.6. The third-order valence-electron chi connectivity index (χ3n) is 9.60. The molecule has 4 heteroatoms. The number of nitrogens with zero attached hydrogens (tertiary/aromatic N) is 2. The van der Waals surface area contributed by atoms with E-state index in [-0.39, 0.29) is 0 Å². The van der Waals surface area contributed by atoms with E-state index in [0.29, 0.717) is 0 Å². The molecule has 0 aliphatic heterocycles. The van der Waals surface area contributed by atoms with Crippen LogP contribution in [0.3, 0.4) is 0 Å². The molecule has 0 N–H and O–H groups in total. The predicted molar refractivity (Wildman–Crippen MR) is 219 cm³/mol. The SMILES string of the molecule is c1ccc(N(c2ccccc2)c2ccc3sc4cc(N(c5ccccc5)c5cc6c7ccccc7sc6c6ccccc56)ccc4c3c2)cc1. The highest BCUT2D eigenvalue weighted by Gasteiger charge is 2.21. The first kappa shape index (κ1) is 29.0. The van der Waals surface area contributed by atoms with Gasteiger partial charge in [0.15, 0.2) is 0 Å². The average Bonchev–Trinajstić information content (AvgIpc) is 3.74. The van der Waals surface area contributed by atoms with Crippen LogP contribution in [0.5, 0.6) is 0 Å². The minimum absolute atomic E-state index is 1.14. The van der Waals surface area contributed by atoms with Gasteiger partial charge in [0.2, 0.25) is 0 Å². The van der Waals surface area contributed by atoms with Crippen LogP contribution in [-0.4, -0.2) is 0 Å². The minimum Gasteiger partial charge on any atom is -0.310 e. The zero-order chi connectivity index (χ0) is 33.0. The summed E-state index contributed by atoms with van der Waals surface area (Å²) in [6.07, 6.45) is 0. The van der Waals surface area contributed by atoms with Crippen molar-refractivity contribution in [2.45, 2.75) is 0 Å². The largest absolute Gasteiger partial charge is 0.310 e. The van der Waals surface area contributed by atoms with Crippen molar-refractivity contribution in [2.24, 2.45) is 0 Å². The maximum absolute atomic E-state index is 2.44. The molecule has 10 aromatic rings. The van der Waals surface area contributed by atoms with Crippen LogP contribution in [-0.2, 0) is 0 Å². The fourth-order valence-electron chi connectivity index (χ4n) is 7.35. The molecular formula is C46H30N2S2. The summed E-state index contributed by atoms with van der Waals surface area (Å²) in [4.78, 5) is 4.78. The Morgan fingerprint density at radius 3 is 1.50 bits per heavy atom. The zero-order valence-electron chi connectivity index (χ0n) is 27.0. The summed E-state index contributed by atoms with van der Waals surface area (Å²) in [5.74, 6) is 0. The highest BCUT2D eigenvalue weighted by molar-refractivity contribution is 7.27. The van der Waals surface area contributed by atoms with E-state index in [0.717, 1.165) is 28.4 Å². The number of para-hydroxylation sites is 3. The van der Waals surface area contributed by atoms with Crippen LogP contribution in [0.25, 0.3) is 51.1 Å². The summed E-state index contributed by atoms with van der Waals surface area (Å²) < 4.78 is 5.22. The Bertz CT molecular complexity index is 2780. The summed E-state index contributed by atoms with van der Waals surface area (Å²) in [7, 11) is 0. The second-order valence-corrected chi connectivity index (χ2v) is 14.7. The molecule has 236 valence electrons. The van der Waals surface area contributed by atoms with E-state index in [4.69, 9.17) is 0 Å². The molecule has 10 rings (SSSR count). The van der Waals surface area contributed by atoms with Gasteiger partial charge in [-0.15, -0.1) is 22.7 Å². The first-order valence-corrected chi connectivity index (χ1v) is 18.5. The fraction of sp³-hybridized carbons (Fsp3) is 0. The van der Waals surface area contributed by atoms with Gasteiger partial charge >= 0.3 is 0 Å². The van der Waals surface area contributed by atoms with E-state index in [1.165, 1.54) is 56.8 Å². The Morgan fingerprint density at radius 1 is 0.280 bits per heavy atom. The molecule has 0 amide bonds. The second-order valence-electron chi connectivity index (χ2n) is 12.6. The van der Waals surface area contributed by atoms with Gasteiger partial charge in [-0.3, -0.25) is 0 Å². The molecule has 2 nitrogen and oxygen atoms in total. The lowest BCUT2D eigenvalue weighted by Crippen LogP contribution is -2.10. The summed E-state index contributed by atoms with van der Waals surface area (Å²) in [5, 5.41) is 7.69. The van der Waals surface area contributed by atoms with Crippen molar-refractivity contribution in [3.63, 3.8) is 0 Å². The lowest BCUT2D eigenvalue weighted by atomic mass is 10.0. The lowest BCUT2D eigenvalue weighted by Gasteiger charge is -2.27. The second kappa shape index (κ2) is 11.9. The quantitative estimate of drug-likeness (QED) is 0.173. The fourth-order valence-corrected chi connectivity index (χ4v) is 9.69. The van der Waals surface area contributed by atoms with E-state index >= 15 is 0 Å². The van der Waals surface area contributed by atoms with Crippen LogP contribution in [0.15, 0.2) is 182 Å². The Balaban J connectivity index is 1.16. The van der Waals surface area contributed by atoms with Gasteiger partial charge in [-0.05, 0) is 78.9 Å². The van der Waals surface area contributed by atoms with Gasteiger partial charge in [-0.2, -0.15) is 0 Å². The minimum atomic E-state index is 1.14. The van der Waals surface area contributed by atoms with Gasteiger partial charge in [0.1, 0.15) is 0 Å². The van der Waals surface area contributed by atoms with Crippen molar-refractivity contribution in [2.75, 3.05) is 9.80 Å². The van der Waals surface area contributed by atoms with Crippen LogP contribution >= 0.6 is 22.7 Å². The van der Waals surface area contributed by atoms with Crippen LogP contribution in [0.1, 0.15) is 0 Å². The lowest BCUT2D eigenvalue weighted by molar-refractivity contribution is 1.29. The number of hydrogen-bond acceptors (Lipinski definition) is 4. The number of rotatable bonds is 6. The molecule has 0 radical (unpaired) electrons. The summed E-state index contributed by atoms with van der Waals surface area (Å²) >= 11 is 3.75. The van der Waals surface area contributed by atoms with Gasteiger partial charge in [0.05, 0.1) is 5.69 Å². The molecule has 0 saturated heterocycles. The first-order chi connectivity index (χ1) is 24.8. The third kappa shape index (κ3) is 4.76. The predicted octanol–water partition coefficient (Wildman–Crippen LogP) is 14.5. The maximum Gasteiger partial charge on any atom is 0.0547 e. The topological polar surface area (TPSA) is 6.48 Å². The molecule has 0 bridgehead atoms. The van der Waals surface area contributed by atoms with Crippen molar-refractivity contribution >= 4 is 108 Å². The van der Waals surface area contributed by atoms with Gasteiger partial charge in [-0.25, -0.2) is 0 Å². The van der Waals surface area contributed by atoms with E-state index in [1.807, 2.05) is 22.7 Å². The van der Waals surface area contributed by atoms with Crippen LogP contribution < -0.4 is 9.80 Å². The molecule has 2 aromatic heterocycles. The van der Waals surface area contributed by atoms with Gasteiger partial charge < -0.3 is 9.80 Å². The van der Waals surface area contributed by atoms with E-state index in [9.17, 15) is 0 Å². The van der Waals surface area contributed by atoms with Crippen LogP contribution in [0.2, 0.25) is 0 Å². The van der Waals surface area contributed by atoms with Gasteiger partial charge in [0.25, 0.3) is 0 Å². The van der Waals surface area contributed by atoms with Gasteiger partial charge in [-0.1, -0.05) is 103 Å². The maximum atomic E-state index is 2.44. The molecule has 0 atom stereocenters. The molecular weight excluding hydrogens is 645 g/mol. The van der Waals surface area contributed by atoms with Crippen molar-refractivity contribution in [3.05, 3.63) is 182 Å². The van der Waals surface area contributed by atoms with Crippen molar-refractivity contribution < 1.29 is 0 Å². The molecule has 0 aliphatic carbocycles. The van der Waals surface area contributed by atoms with Gasteiger partial charge in [0, 0.05) is 79.6 Å². The Hall–Kier alpha value is -5.94. The Labute approximate surface area is 298 Å². The Kier molecular flexibility index (Phi) is 6.90. The van der Waals surface area contributed by atoms with Crippen molar-refractivity contribution in [3.8, 4) is 0 Å². The molecule has 8 aromatic carbocycles.